The first-order valence-electron chi connectivity index (χ1n) is 6.71. The lowest BCUT2D eigenvalue weighted by molar-refractivity contribution is 0.413. The van der Waals surface area contributed by atoms with E-state index in [-0.39, 0.29) is 5.82 Å². The maximum Gasteiger partial charge on any atom is 0.251 e. The van der Waals surface area contributed by atoms with Gasteiger partial charge < -0.3 is 14.5 Å². The molecule has 0 fully saturated rings. The van der Waals surface area contributed by atoms with E-state index in [2.05, 4.69) is 15.5 Å². The van der Waals surface area contributed by atoms with Gasteiger partial charge in [-0.15, -0.1) is 10.2 Å². The first kappa shape index (κ1) is 14.1. The Hall–Kier alpha value is -2.89. The smallest absolute Gasteiger partial charge is 0.251 e. The fourth-order valence-corrected chi connectivity index (χ4v) is 2.03. The van der Waals surface area contributed by atoms with Crippen molar-refractivity contribution in [3.05, 3.63) is 60.2 Å². The van der Waals surface area contributed by atoms with Crippen LogP contribution in [0.2, 0.25) is 0 Å². The van der Waals surface area contributed by atoms with Crippen molar-refractivity contribution in [1.29, 1.82) is 0 Å². The van der Waals surface area contributed by atoms with E-state index in [1.165, 1.54) is 12.1 Å². The van der Waals surface area contributed by atoms with Crippen LogP contribution in [-0.4, -0.2) is 17.3 Å². The Bertz CT molecular complexity index is 773. The number of para-hydroxylation sites is 1. The average molecular weight is 299 g/mol. The Morgan fingerprint density at radius 3 is 2.82 bits per heavy atom. The molecule has 112 valence electrons. The number of ether oxygens (including phenoxy) is 1. The summed E-state index contributed by atoms with van der Waals surface area (Å²) in [7, 11) is 1.58. The number of aromatic nitrogens is 2. The molecule has 0 saturated carbocycles. The Morgan fingerprint density at radius 2 is 2.00 bits per heavy atom. The zero-order chi connectivity index (χ0) is 15.4. The van der Waals surface area contributed by atoms with Crippen molar-refractivity contribution in [3.63, 3.8) is 0 Å². The molecule has 0 amide bonds. The predicted octanol–water partition coefficient (Wildman–Crippen LogP) is 3.50. The van der Waals surface area contributed by atoms with Crippen LogP contribution in [-0.2, 0) is 6.54 Å². The lowest BCUT2D eigenvalue weighted by atomic mass is 10.2. The normalized spacial score (nSPS) is 10.5. The molecule has 3 rings (SSSR count). The van der Waals surface area contributed by atoms with Gasteiger partial charge in [0.05, 0.1) is 19.2 Å². The van der Waals surface area contributed by atoms with Crippen LogP contribution in [0.25, 0.3) is 11.5 Å². The van der Waals surface area contributed by atoms with Gasteiger partial charge in [0.15, 0.2) is 0 Å². The summed E-state index contributed by atoms with van der Waals surface area (Å²) >= 11 is 0. The van der Waals surface area contributed by atoms with Crippen LogP contribution in [0.3, 0.4) is 0 Å². The van der Waals surface area contributed by atoms with E-state index in [1.54, 1.807) is 19.2 Å². The maximum atomic E-state index is 13.1. The van der Waals surface area contributed by atoms with Crippen molar-refractivity contribution in [2.24, 2.45) is 0 Å². The predicted molar refractivity (Wildman–Crippen MR) is 80.0 cm³/mol. The largest absolute Gasteiger partial charge is 0.496 e. The van der Waals surface area contributed by atoms with Gasteiger partial charge in [-0.3, -0.25) is 0 Å². The van der Waals surface area contributed by atoms with Crippen molar-refractivity contribution in [3.8, 4) is 17.2 Å². The molecule has 0 atom stereocenters. The molecule has 0 aliphatic heterocycles. The molecule has 6 heteroatoms. The number of rotatable bonds is 5. The summed E-state index contributed by atoms with van der Waals surface area (Å²) in [5.41, 5.74) is 1.38. The molecule has 1 heterocycles. The lowest BCUT2D eigenvalue weighted by Gasteiger charge is -2.04. The van der Waals surface area contributed by atoms with Gasteiger partial charge in [-0.1, -0.05) is 18.2 Å². The van der Waals surface area contributed by atoms with E-state index in [1.807, 2.05) is 24.3 Å². The molecule has 22 heavy (non-hydrogen) atoms. The van der Waals surface area contributed by atoms with Crippen LogP contribution in [0.4, 0.5) is 10.1 Å². The van der Waals surface area contributed by atoms with E-state index in [9.17, 15) is 4.39 Å². The van der Waals surface area contributed by atoms with Gasteiger partial charge in [0.1, 0.15) is 11.6 Å². The summed E-state index contributed by atoms with van der Waals surface area (Å²) in [5, 5.41) is 11.0. The highest BCUT2D eigenvalue weighted by molar-refractivity contribution is 5.62. The van der Waals surface area contributed by atoms with Crippen molar-refractivity contribution in [2.45, 2.75) is 6.54 Å². The molecule has 0 saturated heterocycles. The van der Waals surface area contributed by atoms with Crippen molar-refractivity contribution >= 4 is 5.69 Å². The minimum absolute atomic E-state index is 0.301. The monoisotopic (exact) mass is 299 g/mol. The minimum atomic E-state index is -0.301. The second-order valence-electron chi connectivity index (χ2n) is 4.57. The topological polar surface area (TPSA) is 60.2 Å². The molecule has 0 unspecified atom stereocenters. The molecule has 3 aromatic rings. The first-order chi connectivity index (χ1) is 10.8. The Morgan fingerprint density at radius 1 is 1.14 bits per heavy atom. The highest BCUT2D eigenvalue weighted by atomic mass is 19.1. The number of halogens is 1. The standard InChI is InChI=1S/C16H14FN3O2/c1-21-14-8-3-2-7-13(14)16-20-19-15(22-16)10-18-12-6-4-5-11(17)9-12/h2-9,18H,10H2,1H3. The van der Waals surface area contributed by atoms with E-state index >= 15 is 0 Å². The number of methoxy groups -OCH3 is 1. The molecule has 1 N–H and O–H groups in total. The summed E-state index contributed by atoms with van der Waals surface area (Å²) in [6, 6.07) is 13.6. The van der Waals surface area contributed by atoms with Gasteiger partial charge in [-0.2, -0.15) is 0 Å². The third kappa shape index (κ3) is 3.06. The second kappa shape index (κ2) is 6.26. The van der Waals surface area contributed by atoms with E-state index in [0.717, 1.165) is 5.56 Å². The van der Waals surface area contributed by atoms with Crippen molar-refractivity contribution < 1.29 is 13.5 Å². The zero-order valence-corrected chi connectivity index (χ0v) is 11.9. The fraction of sp³-hybridized carbons (Fsp3) is 0.125. The van der Waals surface area contributed by atoms with Gasteiger partial charge in [-0.05, 0) is 30.3 Å². The van der Waals surface area contributed by atoms with Crippen molar-refractivity contribution in [2.75, 3.05) is 12.4 Å². The Labute approximate surface area is 126 Å². The summed E-state index contributed by atoms with van der Waals surface area (Å²) in [5.74, 6) is 1.15. The Kier molecular flexibility index (Phi) is 4.00. The number of benzene rings is 2. The summed E-state index contributed by atoms with van der Waals surface area (Å²) in [6.45, 7) is 0.311. The summed E-state index contributed by atoms with van der Waals surface area (Å²) < 4.78 is 24.0. The van der Waals surface area contributed by atoms with Crippen molar-refractivity contribution in [1.82, 2.24) is 10.2 Å². The molecule has 0 aliphatic rings. The van der Waals surface area contributed by atoms with Crippen LogP contribution in [0.1, 0.15) is 5.89 Å². The molecule has 0 spiro atoms. The average Bonchev–Trinajstić information content (AvgIpc) is 3.02. The van der Waals surface area contributed by atoms with E-state index in [4.69, 9.17) is 9.15 Å². The summed E-state index contributed by atoms with van der Waals surface area (Å²) in [4.78, 5) is 0. The van der Waals surface area contributed by atoms with E-state index < -0.39 is 0 Å². The quantitative estimate of drug-likeness (QED) is 0.781. The summed E-state index contributed by atoms with van der Waals surface area (Å²) in [6.07, 6.45) is 0. The number of nitrogens with zero attached hydrogens (tertiary/aromatic N) is 2. The molecular formula is C16H14FN3O2. The lowest BCUT2D eigenvalue weighted by Crippen LogP contribution is -1.99. The van der Waals surface area contributed by atoms with Gasteiger partial charge in [0, 0.05) is 5.69 Å². The zero-order valence-electron chi connectivity index (χ0n) is 11.9. The highest BCUT2D eigenvalue weighted by Crippen LogP contribution is 2.28. The molecule has 0 radical (unpaired) electrons. The highest BCUT2D eigenvalue weighted by Gasteiger charge is 2.12. The molecule has 2 aromatic carbocycles. The van der Waals surface area contributed by atoms with Crippen LogP contribution in [0.15, 0.2) is 52.9 Å². The van der Waals surface area contributed by atoms with Crippen LogP contribution >= 0.6 is 0 Å². The molecular weight excluding hydrogens is 285 g/mol. The second-order valence-corrected chi connectivity index (χ2v) is 4.57. The molecule has 0 bridgehead atoms. The molecule has 1 aromatic heterocycles. The third-order valence-corrected chi connectivity index (χ3v) is 3.07. The first-order valence-corrected chi connectivity index (χ1v) is 6.71. The van der Waals surface area contributed by atoms with Gasteiger partial charge in [0.25, 0.3) is 5.89 Å². The van der Waals surface area contributed by atoms with Crippen LogP contribution in [0, 0.1) is 5.82 Å². The minimum Gasteiger partial charge on any atom is -0.496 e. The number of nitrogens with one attached hydrogen (secondary N) is 1. The van der Waals surface area contributed by atoms with Gasteiger partial charge >= 0.3 is 0 Å². The van der Waals surface area contributed by atoms with Crippen LogP contribution in [0.5, 0.6) is 5.75 Å². The SMILES string of the molecule is COc1ccccc1-c1nnc(CNc2cccc(F)c2)o1. The van der Waals surface area contributed by atoms with Gasteiger partial charge in [-0.25, -0.2) is 4.39 Å². The maximum absolute atomic E-state index is 13.1. The van der Waals surface area contributed by atoms with Crippen LogP contribution < -0.4 is 10.1 Å². The van der Waals surface area contributed by atoms with Gasteiger partial charge in [0.2, 0.25) is 5.89 Å². The van der Waals surface area contributed by atoms with E-state index in [0.29, 0.717) is 29.8 Å². The Balaban J connectivity index is 1.74. The molecule has 0 aliphatic carbocycles. The fourth-order valence-electron chi connectivity index (χ4n) is 2.03. The number of hydrogen-bond acceptors (Lipinski definition) is 5. The number of hydrogen-bond donors (Lipinski definition) is 1. The third-order valence-electron chi connectivity index (χ3n) is 3.07. The molecule has 5 nitrogen and oxygen atoms in total. The number of anilines is 1.